The molecule has 0 bridgehead atoms. The van der Waals surface area contributed by atoms with E-state index in [1.165, 1.54) is 0 Å². The van der Waals surface area contributed by atoms with E-state index >= 15 is 0 Å². The standard InChI is InChI=1S/C28H32N2O2Si/c1-5-28(6-2)26(31)30(27(32)29(28)22(3)4)33(23-16-10-7-11-17-23,24-18-12-8-13-19-24)25-20-14-9-15-21-25/h7-22H,5-6H2,1-4H3. The molecule has 0 aliphatic carbocycles. The largest absolute Gasteiger partial charge is 0.320 e. The molecule has 170 valence electrons. The number of rotatable bonds is 7. The van der Waals surface area contributed by atoms with Crippen LogP contribution in [0.25, 0.3) is 0 Å². The molecule has 5 heteroatoms. The van der Waals surface area contributed by atoms with Crippen LogP contribution in [-0.4, -0.2) is 41.2 Å². The molecule has 3 aromatic carbocycles. The summed E-state index contributed by atoms with van der Waals surface area (Å²) in [4.78, 5) is 30.6. The summed E-state index contributed by atoms with van der Waals surface area (Å²) in [5.74, 6) is -0.0746. The smallest absolute Gasteiger partial charge is 0.308 e. The molecule has 1 heterocycles. The highest BCUT2D eigenvalue weighted by Gasteiger charge is 2.63. The molecule has 1 aliphatic rings. The highest BCUT2D eigenvalue weighted by Crippen LogP contribution is 2.38. The van der Waals surface area contributed by atoms with Crippen LogP contribution in [0, 0.1) is 0 Å². The summed E-state index contributed by atoms with van der Waals surface area (Å²) in [7, 11) is -3.23. The fourth-order valence-electron chi connectivity index (χ4n) is 5.52. The van der Waals surface area contributed by atoms with Crippen LogP contribution in [0.2, 0.25) is 0 Å². The van der Waals surface area contributed by atoms with E-state index in [1.54, 1.807) is 4.57 Å². The maximum absolute atomic E-state index is 14.5. The van der Waals surface area contributed by atoms with Crippen molar-refractivity contribution in [2.45, 2.75) is 52.1 Å². The molecule has 0 saturated carbocycles. The summed E-state index contributed by atoms with van der Waals surface area (Å²) in [5.41, 5.74) is -0.832. The average Bonchev–Trinajstić information content (AvgIpc) is 3.09. The molecule has 0 radical (unpaired) electrons. The molecule has 0 unspecified atom stereocenters. The summed E-state index contributed by atoms with van der Waals surface area (Å²) in [6.45, 7) is 8.05. The van der Waals surface area contributed by atoms with Gasteiger partial charge in [-0.15, -0.1) is 0 Å². The molecular weight excluding hydrogens is 424 g/mol. The van der Waals surface area contributed by atoms with Gasteiger partial charge in [-0.3, -0.25) is 9.36 Å². The van der Waals surface area contributed by atoms with Crippen LogP contribution in [0.4, 0.5) is 4.79 Å². The number of benzene rings is 3. The highest BCUT2D eigenvalue weighted by molar-refractivity contribution is 7.11. The van der Waals surface area contributed by atoms with Gasteiger partial charge >= 0.3 is 6.03 Å². The number of carbonyl (C=O) groups excluding carboxylic acids is 2. The lowest BCUT2D eigenvalue weighted by atomic mass is 9.90. The zero-order chi connectivity index (χ0) is 23.6. The Morgan fingerprint density at radius 1 is 0.697 bits per heavy atom. The van der Waals surface area contributed by atoms with Gasteiger partial charge in [0.15, 0.2) is 0 Å². The SMILES string of the molecule is CCC1(CC)C(=O)N([Si](c2ccccc2)(c2ccccc2)c2ccccc2)C(=O)N1C(C)C. The summed E-state index contributed by atoms with van der Waals surface area (Å²) in [6, 6.07) is 30.1. The number of amides is 3. The predicted octanol–water partition coefficient (Wildman–Crippen LogP) is 3.88. The summed E-state index contributed by atoms with van der Waals surface area (Å²) < 4.78 is 1.68. The summed E-state index contributed by atoms with van der Waals surface area (Å²) in [5, 5.41) is 3.07. The van der Waals surface area contributed by atoms with Crippen LogP contribution in [0.3, 0.4) is 0 Å². The van der Waals surface area contributed by atoms with E-state index < -0.39 is 13.8 Å². The van der Waals surface area contributed by atoms with E-state index in [1.807, 2.05) is 87.2 Å². The molecule has 1 fully saturated rings. The van der Waals surface area contributed by atoms with Crippen LogP contribution in [-0.2, 0) is 4.79 Å². The molecule has 0 atom stereocenters. The molecule has 0 spiro atoms. The van der Waals surface area contributed by atoms with Gasteiger partial charge in [0, 0.05) is 6.04 Å². The van der Waals surface area contributed by atoms with Gasteiger partial charge in [0.05, 0.1) is 0 Å². The molecule has 33 heavy (non-hydrogen) atoms. The third-order valence-corrected chi connectivity index (χ3v) is 11.6. The maximum atomic E-state index is 14.5. The van der Waals surface area contributed by atoms with E-state index in [9.17, 15) is 9.59 Å². The zero-order valence-electron chi connectivity index (χ0n) is 19.9. The second-order valence-corrected chi connectivity index (χ2v) is 12.5. The Morgan fingerprint density at radius 3 is 1.33 bits per heavy atom. The maximum Gasteiger partial charge on any atom is 0.320 e. The monoisotopic (exact) mass is 456 g/mol. The quantitative estimate of drug-likeness (QED) is 0.308. The minimum atomic E-state index is -3.23. The Bertz CT molecular complexity index is 1020. The van der Waals surface area contributed by atoms with Crippen LogP contribution in [0.1, 0.15) is 40.5 Å². The Balaban J connectivity index is 2.12. The van der Waals surface area contributed by atoms with E-state index in [0.29, 0.717) is 12.8 Å². The number of urea groups is 1. The lowest BCUT2D eigenvalue weighted by molar-refractivity contribution is -0.131. The first-order chi connectivity index (χ1) is 15.9. The summed E-state index contributed by atoms with van der Waals surface area (Å²) in [6.07, 6.45) is 1.18. The Morgan fingerprint density at radius 2 is 1.06 bits per heavy atom. The lowest BCUT2D eigenvalue weighted by Crippen LogP contribution is -2.78. The van der Waals surface area contributed by atoms with Gasteiger partial charge in [-0.05, 0) is 42.2 Å². The average molecular weight is 457 g/mol. The third-order valence-electron chi connectivity index (χ3n) is 7.06. The van der Waals surface area contributed by atoms with Crippen molar-refractivity contribution in [3.8, 4) is 0 Å². The number of carbonyl (C=O) groups is 2. The van der Waals surface area contributed by atoms with Gasteiger partial charge in [-0.1, -0.05) is 105 Å². The Hall–Kier alpha value is -3.18. The van der Waals surface area contributed by atoms with Gasteiger partial charge in [-0.25, -0.2) is 4.79 Å². The molecule has 3 amide bonds. The van der Waals surface area contributed by atoms with Gasteiger partial charge < -0.3 is 4.90 Å². The normalized spacial score (nSPS) is 16.0. The third kappa shape index (κ3) is 3.34. The predicted molar refractivity (Wildman–Crippen MR) is 137 cm³/mol. The van der Waals surface area contributed by atoms with Crippen molar-refractivity contribution in [2.75, 3.05) is 0 Å². The van der Waals surface area contributed by atoms with Crippen LogP contribution in [0.5, 0.6) is 0 Å². The van der Waals surface area contributed by atoms with Crippen molar-refractivity contribution in [3.05, 3.63) is 91.0 Å². The summed E-state index contributed by atoms with van der Waals surface area (Å²) >= 11 is 0. The molecule has 1 saturated heterocycles. The number of hydrogen-bond donors (Lipinski definition) is 0. The van der Waals surface area contributed by atoms with Gasteiger partial charge in [-0.2, -0.15) is 0 Å². The zero-order valence-corrected chi connectivity index (χ0v) is 20.9. The minimum Gasteiger partial charge on any atom is -0.308 e. The molecule has 0 aromatic heterocycles. The molecule has 0 N–H and O–H groups in total. The van der Waals surface area contributed by atoms with Crippen molar-refractivity contribution >= 4 is 35.7 Å². The van der Waals surface area contributed by atoms with Gasteiger partial charge in [0.1, 0.15) is 5.54 Å². The first-order valence-corrected chi connectivity index (χ1v) is 13.7. The van der Waals surface area contributed by atoms with Crippen molar-refractivity contribution in [1.82, 2.24) is 9.47 Å². The van der Waals surface area contributed by atoms with Crippen molar-refractivity contribution < 1.29 is 9.59 Å². The van der Waals surface area contributed by atoms with Crippen molar-refractivity contribution in [3.63, 3.8) is 0 Å². The van der Waals surface area contributed by atoms with Crippen molar-refractivity contribution in [2.24, 2.45) is 0 Å². The lowest BCUT2D eigenvalue weighted by Gasteiger charge is -2.39. The molecule has 1 aliphatic heterocycles. The van der Waals surface area contributed by atoms with E-state index in [2.05, 4.69) is 36.4 Å². The Kier molecular flexibility index (Phi) is 6.26. The molecular formula is C28H32N2O2Si. The van der Waals surface area contributed by atoms with Crippen LogP contribution < -0.4 is 15.6 Å². The van der Waals surface area contributed by atoms with Gasteiger partial charge in [0.2, 0.25) is 5.91 Å². The van der Waals surface area contributed by atoms with Crippen molar-refractivity contribution in [1.29, 1.82) is 0 Å². The topological polar surface area (TPSA) is 40.6 Å². The van der Waals surface area contributed by atoms with Gasteiger partial charge in [0.25, 0.3) is 8.24 Å². The molecule has 4 rings (SSSR count). The van der Waals surface area contributed by atoms with E-state index in [0.717, 1.165) is 15.6 Å². The second kappa shape index (κ2) is 8.98. The fraction of sp³-hybridized carbons (Fsp3) is 0.286. The van der Waals surface area contributed by atoms with Crippen LogP contribution in [0.15, 0.2) is 91.0 Å². The molecule has 3 aromatic rings. The number of imide groups is 1. The number of nitrogens with zero attached hydrogens (tertiary/aromatic N) is 2. The van der Waals surface area contributed by atoms with E-state index in [4.69, 9.17) is 0 Å². The first-order valence-electron chi connectivity index (χ1n) is 11.8. The van der Waals surface area contributed by atoms with Crippen LogP contribution >= 0.6 is 0 Å². The first kappa shape index (κ1) is 23.0. The molecule has 4 nitrogen and oxygen atoms in total. The van der Waals surface area contributed by atoms with E-state index in [-0.39, 0.29) is 18.0 Å². The highest BCUT2D eigenvalue weighted by atomic mass is 28.3. The Labute approximate surface area is 197 Å². The second-order valence-electron chi connectivity index (χ2n) is 8.93. The number of hydrogen-bond acceptors (Lipinski definition) is 2. The fourth-order valence-corrected chi connectivity index (χ4v) is 10.2. The minimum absolute atomic E-state index is 0.0746.